The lowest BCUT2D eigenvalue weighted by Crippen LogP contribution is -2.40. The maximum atomic E-state index is 13.2. The average molecular weight is 337 g/mol. The summed E-state index contributed by atoms with van der Waals surface area (Å²) in [6.45, 7) is 0.670. The predicted molar refractivity (Wildman–Crippen MR) is 93.7 cm³/mol. The molecule has 1 aliphatic rings. The van der Waals surface area contributed by atoms with Gasteiger partial charge in [0.15, 0.2) is 0 Å². The van der Waals surface area contributed by atoms with Crippen LogP contribution in [-0.2, 0) is 6.42 Å². The summed E-state index contributed by atoms with van der Waals surface area (Å²) < 4.78 is 13.2. The monoisotopic (exact) mass is 337 g/mol. The summed E-state index contributed by atoms with van der Waals surface area (Å²) in [6, 6.07) is 17.9. The van der Waals surface area contributed by atoms with Crippen molar-refractivity contribution in [1.82, 2.24) is 4.90 Å². The Morgan fingerprint density at radius 1 is 1.04 bits per heavy atom. The van der Waals surface area contributed by atoms with Crippen LogP contribution in [0.3, 0.4) is 0 Å². The van der Waals surface area contributed by atoms with E-state index in [9.17, 15) is 9.18 Å². The van der Waals surface area contributed by atoms with Crippen molar-refractivity contribution in [2.24, 2.45) is 0 Å². The van der Waals surface area contributed by atoms with Crippen molar-refractivity contribution in [2.45, 2.75) is 12.5 Å². The molecule has 0 N–H and O–H groups in total. The highest BCUT2D eigenvalue weighted by atomic mass is 32.1. The molecule has 0 spiro atoms. The fourth-order valence-corrected chi connectivity index (χ4v) is 4.19. The number of carbonyl (C=O) groups excluding carboxylic acids is 1. The molecule has 0 radical (unpaired) electrons. The van der Waals surface area contributed by atoms with Crippen LogP contribution >= 0.6 is 11.3 Å². The van der Waals surface area contributed by atoms with Crippen molar-refractivity contribution < 1.29 is 9.18 Å². The second-order valence-corrected chi connectivity index (χ2v) is 6.87. The van der Waals surface area contributed by atoms with Crippen molar-refractivity contribution in [3.05, 3.63) is 93.4 Å². The standard InChI is InChI=1S/C20H16FNOS/c21-16-8-6-15(7-9-16)20(23)22-12-10-18-17(11-13-24-18)19(22)14-4-2-1-3-5-14/h1-9,11,13,19H,10,12H2/t19-/m1/s1. The van der Waals surface area contributed by atoms with Crippen LogP contribution in [0.25, 0.3) is 0 Å². The van der Waals surface area contributed by atoms with E-state index in [1.54, 1.807) is 23.5 Å². The molecule has 4 rings (SSSR count). The maximum absolute atomic E-state index is 13.2. The molecule has 3 aromatic rings. The minimum Gasteiger partial charge on any atom is -0.327 e. The molecule has 1 atom stereocenters. The largest absolute Gasteiger partial charge is 0.327 e. The van der Waals surface area contributed by atoms with Gasteiger partial charge in [-0.2, -0.15) is 0 Å². The van der Waals surface area contributed by atoms with Crippen LogP contribution in [0.1, 0.15) is 32.4 Å². The highest BCUT2D eigenvalue weighted by molar-refractivity contribution is 7.10. The van der Waals surface area contributed by atoms with Gasteiger partial charge < -0.3 is 4.90 Å². The van der Waals surface area contributed by atoms with Crippen LogP contribution in [0.5, 0.6) is 0 Å². The molecule has 2 aromatic carbocycles. The summed E-state index contributed by atoms with van der Waals surface area (Å²) in [5.74, 6) is -0.384. The molecule has 0 saturated carbocycles. The van der Waals surface area contributed by atoms with Crippen LogP contribution in [0.15, 0.2) is 66.0 Å². The molecule has 0 unspecified atom stereocenters. The lowest BCUT2D eigenvalue weighted by Gasteiger charge is -2.36. The Bertz CT molecular complexity index is 857. The van der Waals surface area contributed by atoms with Gasteiger partial charge in [-0.3, -0.25) is 4.79 Å². The second kappa shape index (κ2) is 6.21. The number of hydrogen-bond acceptors (Lipinski definition) is 2. The van der Waals surface area contributed by atoms with Gasteiger partial charge in [0, 0.05) is 17.0 Å². The average Bonchev–Trinajstić information content (AvgIpc) is 3.10. The zero-order valence-electron chi connectivity index (χ0n) is 13.0. The molecular formula is C20H16FNOS. The van der Waals surface area contributed by atoms with Crippen LogP contribution in [0, 0.1) is 5.82 Å². The minimum absolute atomic E-state index is 0.0549. The number of halogens is 1. The third kappa shape index (κ3) is 2.63. The summed E-state index contributed by atoms with van der Waals surface area (Å²) in [5.41, 5.74) is 2.83. The van der Waals surface area contributed by atoms with Crippen molar-refractivity contribution in [1.29, 1.82) is 0 Å². The summed E-state index contributed by atoms with van der Waals surface area (Å²) in [6.07, 6.45) is 0.864. The molecule has 1 amide bonds. The van der Waals surface area contributed by atoms with E-state index in [4.69, 9.17) is 0 Å². The van der Waals surface area contributed by atoms with E-state index in [0.717, 1.165) is 12.0 Å². The molecule has 4 heteroatoms. The zero-order valence-corrected chi connectivity index (χ0v) is 13.8. The molecular weight excluding hydrogens is 321 g/mol. The van der Waals surface area contributed by atoms with E-state index in [1.807, 2.05) is 23.1 Å². The van der Waals surface area contributed by atoms with Gasteiger partial charge in [0.1, 0.15) is 5.82 Å². The normalized spacial score (nSPS) is 16.7. The highest BCUT2D eigenvalue weighted by Crippen LogP contribution is 2.38. The topological polar surface area (TPSA) is 20.3 Å². The summed E-state index contributed by atoms with van der Waals surface area (Å²) in [7, 11) is 0. The molecule has 0 bridgehead atoms. The Morgan fingerprint density at radius 3 is 2.54 bits per heavy atom. The number of thiophene rings is 1. The molecule has 24 heavy (non-hydrogen) atoms. The lowest BCUT2D eigenvalue weighted by molar-refractivity contribution is 0.0696. The zero-order chi connectivity index (χ0) is 16.5. The number of benzene rings is 2. The third-order valence-corrected chi connectivity index (χ3v) is 5.43. The summed E-state index contributed by atoms with van der Waals surface area (Å²) >= 11 is 1.75. The molecule has 1 aliphatic heterocycles. The number of hydrogen-bond donors (Lipinski definition) is 0. The molecule has 0 fully saturated rings. The van der Waals surface area contributed by atoms with Crippen LogP contribution in [0.2, 0.25) is 0 Å². The van der Waals surface area contributed by atoms with Gasteiger partial charge in [0.25, 0.3) is 5.91 Å². The maximum Gasteiger partial charge on any atom is 0.254 e. The quantitative estimate of drug-likeness (QED) is 0.665. The van der Waals surface area contributed by atoms with E-state index >= 15 is 0 Å². The number of fused-ring (bicyclic) bond motifs is 1. The van der Waals surface area contributed by atoms with E-state index in [-0.39, 0.29) is 17.8 Å². The summed E-state index contributed by atoms with van der Waals surface area (Å²) in [4.78, 5) is 16.3. The first-order chi connectivity index (χ1) is 11.7. The summed E-state index contributed by atoms with van der Waals surface area (Å²) in [5, 5.41) is 2.09. The van der Waals surface area contributed by atoms with Crippen molar-refractivity contribution in [2.75, 3.05) is 6.54 Å². The molecule has 0 saturated heterocycles. The lowest BCUT2D eigenvalue weighted by atomic mass is 9.92. The number of carbonyl (C=O) groups is 1. The number of amides is 1. The second-order valence-electron chi connectivity index (χ2n) is 5.87. The molecule has 2 nitrogen and oxygen atoms in total. The smallest absolute Gasteiger partial charge is 0.254 e. The van der Waals surface area contributed by atoms with Crippen molar-refractivity contribution >= 4 is 17.2 Å². The van der Waals surface area contributed by atoms with Gasteiger partial charge in [-0.05, 0) is 53.3 Å². The van der Waals surface area contributed by atoms with Crippen LogP contribution in [0.4, 0.5) is 4.39 Å². The Hall–Kier alpha value is -2.46. The Kier molecular flexibility index (Phi) is 3.90. The van der Waals surface area contributed by atoms with E-state index in [2.05, 4.69) is 23.6 Å². The van der Waals surface area contributed by atoms with Gasteiger partial charge in [0.05, 0.1) is 6.04 Å². The van der Waals surface area contributed by atoms with Crippen LogP contribution in [-0.4, -0.2) is 17.4 Å². The predicted octanol–water partition coefficient (Wildman–Crippen LogP) is 4.68. The van der Waals surface area contributed by atoms with Gasteiger partial charge in [0.2, 0.25) is 0 Å². The van der Waals surface area contributed by atoms with E-state index in [0.29, 0.717) is 12.1 Å². The highest BCUT2D eigenvalue weighted by Gasteiger charge is 2.33. The Morgan fingerprint density at radius 2 is 1.79 bits per heavy atom. The number of nitrogens with zero attached hydrogens (tertiary/aromatic N) is 1. The Balaban J connectivity index is 1.76. The molecule has 0 aliphatic carbocycles. The first-order valence-corrected chi connectivity index (χ1v) is 8.80. The minimum atomic E-state index is -0.329. The van der Waals surface area contributed by atoms with Gasteiger partial charge in [-0.25, -0.2) is 4.39 Å². The van der Waals surface area contributed by atoms with Crippen molar-refractivity contribution in [3.63, 3.8) is 0 Å². The van der Waals surface area contributed by atoms with Crippen molar-refractivity contribution in [3.8, 4) is 0 Å². The number of rotatable bonds is 2. The van der Waals surface area contributed by atoms with Gasteiger partial charge in [-0.15, -0.1) is 11.3 Å². The third-order valence-electron chi connectivity index (χ3n) is 4.43. The van der Waals surface area contributed by atoms with E-state index < -0.39 is 0 Å². The molecule has 2 heterocycles. The van der Waals surface area contributed by atoms with Gasteiger partial charge in [-0.1, -0.05) is 30.3 Å². The molecule has 120 valence electrons. The fraction of sp³-hybridized carbons (Fsp3) is 0.150. The first kappa shape index (κ1) is 15.1. The van der Waals surface area contributed by atoms with Crippen LogP contribution < -0.4 is 0 Å². The fourth-order valence-electron chi connectivity index (χ4n) is 3.29. The molecule has 1 aromatic heterocycles. The Labute approximate surface area is 144 Å². The SMILES string of the molecule is O=C(c1ccc(F)cc1)N1CCc2sccc2[C@H]1c1ccccc1. The van der Waals surface area contributed by atoms with Gasteiger partial charge >= 0.3 is 0 Å². The first-order valence-electron chi connectivity index (χ1n) is 7.92. The van der Waals surface area contributed by atoms with E-state index in [1.165, 1.54) is 22.6 Å².